The molecule has 0 fully saturated rings. The van der Waals surface area contributed by atoms with Crippen LogP contribution < -0.4 is 11.3 Å². The summed E-state index contributed by atoms with van der Waals surface area (Å²) >= 11 is 1.53. The molecule has 5 heteroatoms. The lowest BCUT2D eigenvalue weighted by molar-refractivity contribution is 0.981. The molecular formula is C9H9N3OS. The first-order valence-electron chi connectivity index (χ1n) is 4.13. The number of aromatic nitrogens is 2. The van der Waals surface area contributed by atoms with E-state index in [1.54, 1.807) is 0 Å². The van der Waals surface area contributed by atoms with Gasteiger partial charge in [0.2, 0.25) is 0 Å². The van der Waals surface area contributed by atoms with E-state index in [1.807, 2.05) is 17.5 Å². The molecular weight excluding hydrogens is 198 g/mol. The molecule has 0 saturated heterocycles. The average molecular weight is 207 g/mol. The van der Waals surface area contributed by atoms with Crippen LogP contribution in [0.5, 0.6) is 0 Å². The first-order chi connectivity index (χ1) is 6.81. The number of nitrogens with zero attached hydrogens (tertiary/aromatic N) is 1. The number of aromatic amines is 1. The summed E-state index contributed by atoms with van der Waals surface area (Å²) in [7, 11) is 0. The SMILES string of the molecule is NCc1cnc(-c2cccs2)[nH]c1=O. The van der Waals surface area contributed by atoms with Crippen LogP contribution in [-0.4, -0.2) is 9.97 Å². The molecule has 0 aliphatic carbocycles. The standard InChI is InChI=1S/C9H9N3OS/c10-4-6-5-11-8(12-9(6)13)7-2-1-3-14-7/h1-3,5H,4,10H2,(H,11,12,13). The van der Waals surface area contributed by atoms with Crippen molar-refractivity contribution in [1.29, 1.82) is 0 Å². The van der Waals surface area contributed by atoms with Gasteiger partial charge in [0.25, 0.3) is 5.56 Å². The zero-order valence-electron chi connectivity index (χ0n) is 7.36. The fourth-order valence-corrected chi connectivity index (χ4v) is 1.78. The number of nitrogens with one attached hydrogen (secondary N) is 1. The molecule has 72 valence electrons. The van der Waals surface area contributed by atoms with Crippen LogP contribution in [0.4, 0.5) is 0 Å². The Labute approximate surface area is 84.4 Å². The van der Waals surface area contributed by atoms with Crippen LogP contribution >= 0.6 is 11.3 Å². The minimum Gasteiger partial charge on any atom is -0.326 e. The summed E-state index contributed by atoms with van der Waals surface area (Å²) < 4.78 is 0. The molecule has 0 saturated carbocycles. The summed E-state index contributed by atoms with van der Waals surface area (Å²) in [5, 5.41) is 1.94. The van der Waals surface area contributed by atoms with Gasteiger partial charge in [0.15, 0.2) is 0 Å². The summed E-state index contributed by atoms with van der Waals surface area (Å²) in [6, 6.07) is 3.82. The smallest absolute Gasteiger partial charge is 0.255 e. The lowest BCUT2D eigenvalue weighted by Gasteiger charge is -1.98. The van der Waals surface area contributed by atoms with E-state index < -0.39 is 0 Å². The zero-order chi connectivity index (χ0) is 9.97. The van der Waals surface area contributed by atoms with E-state index in [4.69, 9.17) is 5.73 Å². The Morgan fingerprint density at radius 3 is 3.00 bits per heavy atom. The van der Waals surface area contributed by atoms with Gasteiger partial charge in [-0.05, 0) is 11.4 Å². The number of nitrogens with two attached hydrogens (primary N) is 1. The van der Waals surface area contributed by atoms with Crippen molar-refractivity contribution in [2.75, 3.05) is 0 Å². The Morgan fingerprint density at radius 1 is 1.57 bits per heavy atom. The van der Waals surface area contributed by atoms with E-state index in [9.17, 15) is 4.79 Å². The number of rotatable bonds is 2. The first-order valence-corrected chi connectivity index (χ1v) is 5.01. The molecule has 0 spiro atoms. The topological polar surface area (TPSA) is 71.8 Å². The van der Waals surface area contributed by atoms with Crippen LogP contribution in [0.15, 0.2) is 28.5 Å². The quantitative estimate of drug-likeness (QED) is 0.770. The Hall–Kier alpha value is -1.46. The highest BCUT2D eigenvalue weighted by Crippen LogP contribution is 2.18. The predicted molar refractivity (Wildman–Crippen MR) is 56.1 cm³/mol. The highest BCUT2D eigenvalue weighted by atomic mass is 32.1. The minimum absolute atomic E-state index is 0.161. The minimum atomic E-state index is -0.161. The Kier molecular flexibility index (Phi) is 2.43. The van der Waals surface area contributed by atoms with Gasteiger partial charge in [-0.25, -0.2) is 4.98 Å². The molecule has 0 aliphatic heterocycles. The summed E-state index contributed by atoms with van der Waals surface area (Å²) in [6.45, 7) is 0.215. The van der Waals surface area contributed by atoms with Crippen molar-refractivity contribution in [2.24, 2.45) is 5.73 Å². The molecule has 3 N–H and O–H groups in total. The van der Waals surface area contributed by atoms with Gasteiger partial charge in [-0.15, -0.1) is 11.3 Å². The molecule has 0 amide bonds. The van der Waals surface area contributed by atoms with Gasteiger partial charge in [0, 0.05) is 18.3 Å². The van der Waals surface area contributed by atoms with E-state index in [-0.39, 0.29) is 12.1 Å². The van der Waals surface area contributed by atoms with Crippen molar-refractivity contribution in [1.82, 2.24) is 9.97 Å². The molecule has 0 aromatic carbocycles. The second-order valence-corrected chi connectivity index (χ2v) is 3.72. The van der Waals surface area contributed by atoms with Crippen molar-refractivity contribution < 1.29 is 0 Å². The maximum Gasteiger partial charge on any atom is 0.255 e. The first kappa shape index (κ1) is 9.11. The lowest BCUT2D eigenvalue weighted by Crippen LogP contribution is -2.17. The third-order valence-corrected chi connectivity index (χ3v) is 2.72. The lowest BCUT2D eigenvalue weighted by atomic mass is 10.3. The molecule has 4 nitrogen and oxygen atoms in total. The van der Waals surface area contributed by atoms with E-state index in [0.717, 1.165) is 4.88 Å². The zero-order valence-corrected chi connectivity index (χ0v) is 8.17. The summed E-state index contributed by atoms with van der Waals surface area (Å²) in [5.74, 6) is 0.599. The van der Waals surface area contributed by atoms with Crippen molar-refractivity contribution in [2.45, 2.75) is 6.54 Å². The highest BCUT2D eigenvalue weighted by molar-refractivity contribution is 7.13. The largest absolute Gasteiger partial charge is 0.326 e. The number of hydrogen-bond acceptors (Lipinski definition) is 4. The highest BCUT2D eigenvalue weighted by Gasteiger charge is 2.03. The second-order valence-electron chi connectivity index (χ2n) is 2.77. The molecule has 2 aromatic heterocycles. The molecule has 0 aliphatic rings. The van der Waals surface area contributed by atoms with Gasteiger partial charge in [0.05, 0.1) is 4.88 Å². The van der Waals surface area contributed by atoms with E-state index in [1.165, 1.54) is 17.5 Å². The van der Waals surface area contributed by atoms with Crippen molar-refractivity contribution in [3.63, 3.8) is 0 Å². The molecule has 0 bridgehead atoms. The molecule has 0 atom stereocenters. The van der Waals surface area contributed by atoms with Crippen LogP contribution in [-0.2, 0) is 6.54 Å². The Balaban J connectivity index is 2.48. The van der Waals surface area contributed by atoms with Gasteiger partial charge in [0.1, 0.15) is 5.82 Å². The summed E-state index contributed by atoms with van der Waals surface area (Å²) in [6.07, 6.45) is 1.52. The van der Waals surface area contributed by atoms with Gasteiger partial charge in [-0.2, -0.15) is 0 Å². The fraction of sp³-hybridized carbons (Fsp3) is 0.111. The number of H-pyrrole nitrogens is 1. The van der Waals surface area contributed by atoms with Crippen LogP contribution in [0.1, 0.15) is 5.56 Å². The summed E-state index contributed by atoms with van der Waals surface area (Å²) in [4.78, 5) is 19.2. The number of thiophene rings is 1. The Morgan fingerprint density at radius 2 is 2.43 bits per heavy atom. The molecule has 14 heavy (non-hydrogen) atoms. The fourth-order valence-electron chi connectivity index (χ4n) is 1.11. The van der Waals surface area contributed by atoms with Crippen LogP contribution in [0, 0.1) is 0 Å². The predicted octanol–water partition coefficient (Wildman–Crippen LogP) is 0.957. The maximum absolute atomic E-state index is 11.4. The normalized spacial score (nSPS) is 10.4. The Bertz CT molecular complexity index is 475. The van der Waals surface area contributed by atoms with Crippen LogP contribution in [0.2, 0.25) is 0 Å². The van der Waals surface area contributed by atoms with Gasteiger partial charge < -0.3 is 10.7 Å². The molecule has 2 aromatic rings. The van der Waals surface area contributed by atoms with Crippen LogP contribution in [0.3, 0.4) is 0 Å². The van der Waals surface area contributed by atoms with E-state index in [0.29, 0.717) is 11.4 Å². The third kappa shape index (κ3) is 1.59. The molecule has 0 unspecified atom stereocenters. The average Bonchev–Trinajstić information content (AvgIpc) is 2.70. The van der Waals surface area contributed by atoms with Crippen molar-refractivity contribution >= 4 is 11.3 Å². The summed E-state index contributed by atoms with van der Waals surface area (Å²) in [5.41, 5.74) is 5.71. The number of hydrogen-bond donors (Lipinski definition) is 2. The third-order valence-electron chi connectivity index (χ3n) is 1.85. The molecule has 2 rings (SSSR count). The van der Waals surface area contributed by atoms with E-state index in [2.05, 4.69) is 9.97 Å². The molecule has 2 heterocycles. The molecule has 0 radical (unpaired) electrons. The second kappa shape index (κ2) is 3.73. The van der Waals surface area contributed by atoms with Crippen LogP contribution in [0.25, 0.3) is 10.7 Å². The van der Waals surface area contributed by atoms with Gasteiger partial charge >= 0.3 is 0 Å². The van der Waals surface area contributed by atoms with Gasteiger partial charge in [-0.1, -0.05) is 6.07 Å². The van der Waals surface area contributed by atoms with E-state index >= 15 is 0 Å². The van der Waals surface area contributed by atoms with Crippen molar-refractivity contribution in [3.8, 4) is 10.7 Å². The monoisotopic (exact) mass is 207 g/mol. The van der Waals surface area contributed by atoms with Crippen molar-refractivity contribution in [3.05, 3.63) is 39.6 Å². The maximum atomic E-state index is 11.4. The van der Waals surface area contributed by atoms with Gasteiger partial charge in [-0.3, -0.25) is 4.79 Å².